The number of likely N-dealkylation sites (N-methyl/N-ethyl adjacent to an activating group) is 4. The topological polar surface area (TPSA) is 326 Å². The molecule has 0 saturated carbocycles. The molecule has 8 N–H and O–H groups in total. The first-order valence-electron chi connectivity index (χ1n) is 26.4. The molecular formula is C52H77N13O12. The molecule has 11 amide bonds. The minimum atomic E-state index is -1.58. The number of para-hydroxylation sites is 1. The van der Waals surface area contributed by atoms with E-state index in [2.05, 4.69) is 31.6 Å². The van der Waals surface area contributed by atoms with Gasteiger partial charge in [0.2, 0.25) is 59.1 Å². The number of amides is 11. The summed E-state index contributed by atoms with van der Waals surface area (Å²) in [4.78, 5) is 164. The van der Waals surface area contributed by atoms with Crippen LogP contribution in [0.1, 0.15) is 89.5 Å². The number of hydrogen-bond donors (Lipinski definition) is 7. The maximum absolute atomic E-state index is 14.8. The molecule has 3 saturated heterocycles. The van der Waals surface area contributed by atoms with Gasteiger partial charge in [0.15, 0.2) is 5.69 Å². The Balaban J connectivity index is 1.46. The van der Waals surface area contributed by atoms with Gasteiger partial charge in [0.1, 0.15) is 42.0 Å². The number of benzene rings is 1. The fraction of sp³-hybridized carbons (Fsp3) is 0.615. The highest BCUT2D eigenvalue weighted by molar-refractivity contribution is 6.02. The van der Waals surface area contributed by atoms with Crippen molar-refractivity contribution in [1.82, 2.24) is 61.0 Å². The average Bonchev–Trinajstić information content (AvgIpc) is 3.42. The lowest BCUT2D eigenvalue weighted by Gasteiger charge is -2.37. The number of aromatic hydroxyl groups is 1. The van der Waals surface area contributed by atoms with Gasteiger partial charge in [0, 0.05) is 59.8 Å². The first-order valence-corrected chi connectivity index (χ1v) is 26.4. The molecule has 5 rings (SSSR count). The van der Waals surface area contributed by atoms with Gasteiger partial charge in [-0.25, -0.2) is 4.98 Å². The number of piperidine rings is 2. The summed E-state index contributed by atoms with van der Waals surface area (Å²) in [6, 6.07) is 0.825. The maximum Gasteiger partial charge on any atom is 0.274 e. The number of nitrogens with two attached hydrogens (primary N) is 1. The number of carbonyl (C=O) groups excluding carboxylic acids is 11. The predicted molar refractivity (Wildman–Crippen MR) is 281 cm³/mol. The van der Waals surface area contributed by atoms with Crippen molar-refractivity contribution in [2.24, 2.45) is 17.6 Å². The first kappa shape index (κ1) is 60.4. The molecule has 8 atom stereocenters. The molecule has 25 nitrogen and oxygen atoms in total. The van der Waals surface area contributed by atoms with E-state index in [1.807, 2.05) is 6.92 Å². The molecule has 3 aliphatic heterocycles. The lowest BCUT2D eigenvalue weighted by atomic mass is 9.96. The van der Waals surface area contributed by atoms with Gasteiger partial charge in [-0.15, -0.1) is 0 Å². The van der Waals surface area contributed by atoms with E-state index in [9.17, 15) is 57.8 Å². The third kappa shape index (κ3) is 15.2. The molecule has 0 bridgehead atoms. The summed E-state index contributed by atoms with van der Waals surface area (Å²) in [5, 5.41) is 24.6. The highest BCUT2D eigenvalue weighted by Crippen LogP contribution is 2.24. The molecular weight excluding hydrogens is 999 g/mol. The van der Waals surface area contributed by atoms with E-state index in [4.69, 9.17) is 5.73 Å². The minimum Gasteiger partial charge on any atom is -0.505 e. The van der Waals surface area contributed by atoms with Gasteiger partial charge in [-0.1, -0.05) is 58.7 Å². The van der Waals surface area contributed by atoms with Gasteiger partial charge < -0.3 is 66.8 Å². The number of pyridine rings is 1. The second-order valence-corrected chi connectivity index (χ2v) is 20.4. The second-order valence-electron chi connectivity index (χ2n) is 20.4. The molecule has 25 heteroatoms. The molecule has 1 aromatic carbocycles. The van der Waals surface area contributed by atoms with E-state index in [1.54, 1.807) is 45.0 Å². The summed E-state index contributed by atoms with van der Waals surface area (Å²) in [5.74, 6) is -9.02. The van der Waals surface area contributed by atoms with Gasteiger partial charge in [-0.05, 0) is 62.5 Å². The van der Waals surface area contributed by atoms with Crippen LogP contribution in [0, 0.1) is 11.8 Å². The van der Waals surface area contributed by atoms with E-state index in [0.29, 0.717) is 49.4 Å². The van der Waals surface area contributed by atoms with Gasteiger partial charge >= 0.3 is 0 Å². The van der Waals surface area contributed by atoms with Crippen LogP contribution in [0.3, 0.4) is 0 Å². The van der Waals surface area contributed by atoms with E-state index in [0.717, 1.165) is 9.80 Å². The number of aromatic nitrogens is 1. The Bertz CT molecular complexity index is 2550. The largest absolute Gasteiger partial charge is 0.505 e. The summed E-state index contributed by atoms with van der Waals surface area (Å²) in [7, 11) is 5.49. The van der Waals surface area contributed by atoms with Crippen molar-refractivity contribution in [2.45, 2.75) is 115 Å². The molecule has 0 aliphatic carbocycles. The van der Waals surface area contributed by atoms with Crippen LogP contribution in [-0.4, -0.2) is 221 Å². The highest BCUT2D eigenvalue weighted by Gasteiger charge is 2.40. The van der Waals surface area contributed by atoms with Gasteiger partial charge in [0.05, 0.1) is 31.7 Å². The monoisotopic (exact) mass is 1080 g/mol. The third-order valence-corrected chi connectivity index (χ3v) is 14.9. The number of rotatable bonds is 6. The summed E-state index contributed by atoms with van der Waals surface area (Å²) >= 11 is 0. The van der Waals surface area contributed by atoms with Crippen molar-refractivity contribution in [3.63, 3.8) is 0 Å². The molecule has 0 radical (unpaired) electrons. The van der Waals surface area contributed by atoms with Crippen molar-refractivity contribution in [3.05, 3.63) is 36.0 Å². The van der Waals surface area contributed by atoms with E-state index in [1.165, 1.54) is 53.9 Å². The minimum absolute atomic E-state index is 0.0419. The average molecular weight is 1080 g/mol. The van der Waals surface area contributed by atoms with Crippen LogP contribution in [0.4, 0.5) is 0 Å². The predicted octanol–water partition coefficient (Wildman–Crippen LogP) is -1.73. The zero-order valence-electron chi connectivity index (χ0n) is 45.5. The number of carbonyl (C=O) groups is 11. The van der Waals surface area contributed by atoms with Crippen LogP contribution in [0.25, 0.3) is 10.9 Å². The molecule has 3 aliphatic rings. The lowest BCUT2D eigenvalue weighted by Crippen LogP contribution is -2.61. The second kappa shape index (κ2) is 27.6. The summed E-state index contributed by atoms with van der Waals surface area (Å²) in [6.45, 7) is 4.32. The first-order chi connectivity index (χ1) is 36.5. The van der Waals surface area contributed by atoms with E-state index >= 15 is 0 Å². The SMILES string of the molecule is CC[C@H](C)[C@H]1C(=O)NC[C@@H](NC(=O)c2nc3ccccc3cc2O)C(=O)N2CCCC[C@H]2C(=O)NCC(=O)N(C)CC(=O)N(C)[C@@H]([C@@H](C)CC)C(=O)NC[C@@H](N)C(=O)N2CCCC[C@H]2C(=O)NCC(=O)N(C)CC(=O)N1C. The van der Waals surface area contributed by atoms with Crippen LogP contribution in [0.2, 0.25) is 0 Å². The van der Waals surface area contributed by atoms with Gasteiger partial charge in [0.25, 0.3) is 5.91 Å². The van der Waals surface area contributed by atoms with Crippen LogP contribution < -0.4 is 32.3 Å². The normalized spacial score (nSPS) is 25.4. The molecule has 3 fully saturated rings. The quantitative estimate of drug-likeness (QED) is 0.169. The van der Waals surface area contributed by atoms with Gasteiger partial charge in [-0.3, -0.25) is 52.7 Å². The maximum atomic E-state index is 14.8. The molecule has 0 spiro atoms. The Morgan fingerprint density at radius 1 is 0.662 bits per heavy atom. The number of nitrogens with one attached hydrogen (secondary N) is 5. The van der Waals surface area contributed by atoms with Crippen molar-refractivity contribution in [3.8, 4) is 5.75 Å². The molecule has 1 aromatic heterocycles. The fourth-order valence-corrected chi connectivity index (χ4v) is 9.78. The summed E-state index contributed by atoms with van der Waals surface area (Å²) in [6.07, 6.45) is 3.42. The molecule has 422 valence electrons. The zero-order chi connectivity index (χ0) is 56.8. The van der Waals surface area contributed by atoms with Crippen LogP contribution >= 0.6 is 0 Å². The third-order valence-electron chi connectivity index (χ3n) is 14.9. The number of nitrogens with zero attached hydrogens (tertiary/aromatic N) is 7. The lowest BCUT2D eigenvalue weighted by molar-refractivity contribution is -0.146. The fourth-order valence-electron chi connectivity index (χ4n) is 9.78. The molecule has 77 heavy (non-hydrogen) atoms. The standard InChI is InChI=1S/C52H77N13O12/c1-9-30(3)44-49(74)54-24-33(53)51(76)64-21-15-13-19-36(64)46(71)56-26-39(67)61(6)29-42(70)63(8)45(31(4)10-2)50(75)55-25-35(59-48(73)43-38(66)23-32-17-11-12-18-34(32)58-43)52(77)65-22-16-14-20-37(65)47(72)57-27-40(68)60(5)28-41(69)62(44)7/h11-12,17-18,23,30-31,33,35-37,44-45,66H,9-10,13-16,19-22,24-29,53H2,1-8H3,(H,54,74)(H,55,75)(H,56,71)(H,57,72)(H,59,73)/t30-,31-,33+,35+,36-,37-,44-,45-/m0/s1. The molecule has 4 heterocycles. The Hall–Kier alpha value is -7.44. The van der Waals surface area contributed by atoms with E-state index in [-0.39, 0.29) is 32.5 Å². The number of fused-ring (bicyclic) bond motifs is 3. The Morgan fingerprint density at radius 3 is 1.62 bits per heavy atom. The summed E-state index contributed by atoms with van der Waals surface area (Å²) < 4.78 is 0. The smallest absolute Gasteiger partial charge is 0.274 e. The molecule has 0 unspecified atom stereocenters. The van der Waals surface area contributed by atoms with E-state index < -0.39 is 157 Å². The highest BCUT2D eigenvalue weighted by atomic mass is 16.3. The van der Waals surface area contributed by atoms with Crippen molar-refractivity contribution in [1.29, 1.82) is 0 Å². The van der Waals surface area contributed by atoms with Crippen LogP contribution in [0.5, 0.6) is 5.75 Å². The Kier molecular flexibility index (Phi) is 21.6. The van der Waals surface area contributed by atoms with Gasteiger partial charge in [-0.2, -0.15) is 0 Å². The van der Waals surface area contributed by atoms with Crippen LogP contribution in [0.15, 0.2) is 30.3 Å². The molecule has 2 aromatic rings. The Labute approximate surface area is 448 Å². The zero-order valence-corrected chi connectivity index (χ0v) is 45.5. The Morgan fingerprint density at radius 2 is 1.13 bits per heavy atom. The van der Waals surface area contributed by atoms with Crippen LogP contribution in [-0.2, 0) is 47.9 Å². The van der Waals surface area contributed by atoms with Crippen molar-refractivity contribution in [2.75, 3.05) is 80.5 Å². The van der Waals surface area contributed by atoms with Crippen molar-refractivity contribution >= 4 is 75.9 Å². The summed E-state index contributed by atoms with van der Waals surface area (Å²) in [5.41, 5.74) is 6.28. The number of hydrogen-bond acceptors (Lipinski definition) is 14. The van der Waals surface area contributed by atoms with Crippen molar-refractivity contribution < 1.29 is 57.8 Å².